The van der Waals surface area contributed by atoms with Crippen molar-refractivity contribution in [3.8, 4) is 0 Å². The molecule has 1 fully saturated rings. The van der Waals surface area contributed by atoms with E-state index in [1.165, 1.54) is 4.90 Å². The summed E-state index contributed by atoms with van der Waals surface area (Å²) in [5.41, 5.74) is 7.31. The van der Waals surface area contributed by atoms with Crippen molar-refractivity contribution in [3.63, 3.8) is 0 Å². The van der Waals surface area contributed by atoms with Gasteiger partial charge in [-0.3, -0.25) is 4.79 Å². The highest BCUT2D eigenvalue weighted by molar-refractivity contribution is 5.93. The van der Waals surface area contributed by atoms with E-state index in [2.05, 4.69) is 15.3 Å². The molecule has 2 aliphatic rings. The monoisotopic (exact) mass is 284 g/mol. The smallest absolute Gasteiger partial charge is 0.251 e. The molecular weight excluding hydrogens is 266 g/mol. The number of carbonyl (C=O) groups excluding carboxylic acids is 1. The molecule has 3 N–H and O–H groups in total. The molecule has 20 heavy (non-hydrogen) atoms. The minimum atomic E-state index is -1.15. The number of hydrogen-bond donors (Lipinski definition) is 3. The number of rotatable bonds is 4. The topological polar surface area (TPSA) is 121 Å². The van der Waals surface area contributed by atoms with Crippen LogP contribution in [0, 0.1) is 5.53 Å². The Balaban J connectivity index is 2.13. The highest BCUT2D eigenvalue weighted by Crippen LogP contribution is 2.28. The summed E-state index contributed by atoms with van der Waals surface area (Å²) in [6.45, 7) is 1.97. The second kappa shape index (κ2) is 6.10. The Labute approximate surface area is 115 Å². The van der Waals surface area contributed by atoms with Crippen molar-refractivity contribution in [1.82, 2.24) is 15.1 Å². The van der Waals surface area contributed by atoms with Crippen LogP contribution in [0.5, 0.6) is 0 Å². The van der Waals surface area contributed by atoms with Crippen LogP contribution in [0.3, 0.4) is 0 Å². The van der Waals surface area contributed by atoms with Gasteiger partial charge in [0.05, 0.1) is 6.61 Å². The fourth-order valence-corrected chi connectivity index (χ4v) is 2.31. The standard InChI is InChI=1S/C11H17N5O4/c1-6-4-16(11(18)13-10(6)17)9-3-7(14-15-12)8(20-9)5-19-2/h4,7-9,11-12,18H,3,5H2,1-2H3/p+1/t7?,8?,9-,11?/m1/s1. The molecule has 4 atom stereocenters. The van der Waals surface area contributed by atoms with Gasteiger partial charge in [-0.2, -0.15) is 0 Å². The van der Waals surface area contributed by atoms with Crippen molar-refractivity contribution in [2.45, 2.75) is 38.1 Å². The molecule has 0 bridgehead atoms. The van der Waals surface area contributed by atoms with Crippen LogP contribution in [0.15, 0.2) is 16.9 Å². The molecule has 0 aliphatic carbocycles. The zero-order valence-corrected chi connectivity index (χ0v) is 11.3. The van der Waals surface area contributed by atoms with Gasteiger partial charge in [0, 0.05) is 25.3 Å². The number of aliphatic hydroxyl groups is 1. The maximum atomic E-state index is 11.4. The van der Waals surface area contributed by atoms with Crippen molar-refractivity contribution in [2.24, 2.45) is 5.11 Å². The van der Waals surface area contributed by atoms with Crippen LogP contribution in [-0.2, 0) is 14.3 Å². The van der Waals surface area contributed by atoms with E-state index < -0.39 is 12.6 Å². The summed E-state index contributed by atoms with van der Waals surface area (Å²) >= 11 is 0. The molecule has 2 heterocycles. The van der Waals surface area contributed by atoms with Crippen LogP contribution in [0.1, 0.15) is 13.3 Å². The molecule has 0 aromatic heterocycles. The lowest BCUT2D eigenvalue weighted by Gasteiger charge is -2.35. The van der Waals surface area contributed by atoms with Crippen molar-refractivity contribution >= 4 is 5.91 Å². The summed E-state index contributed by atoms with van der Waals surface area (Å²) in [4.78, 5) is 16.0. The minimum Gasteiger partial charge on any atom is -0.382 e. The predicted octanol–water partition coefficient (Wildman–Crippen LogP) is -0.722. The minimum absolute atomic E-state index is 0.309. The van der Waals surface area contributed by atoms with E-state index in [4.69, 9.17) is 15.0 Å². The van der Waals surface area contributed by atoms with E-state index in [1.807, 2.05) is 0 Å². The van der Waals surface area contributed by atoms with Crippen LogP contribution in [0.2, 0.25) is 0 Å². The summed E-state index contributed by atoms with van der Waals surface area (Å²) in [5, 5.41) is 16.1. The zero-order valence-electron chi connectivity index (χ0n) is 11.3. The molecular formula is C11H18N5O4+. The SMILES string of the molecule is COCC1O[C@@H](N2C=C(C)C(=O)NC2O)CC1N=[N+]=N. The molecule has 0 saturated carbocycles. The molecule has 3 unspecified atom stereocenters. The summed E-state index contributed by atoms with van der Waals surface area (Å²) in [7, 11) is 1.55. The van der Waals surface area contributed by atoms with Crippen LogP contribution < -0.4 is 10.2 Å². The average Bonchev–Trinajstić information content (AvgIpc) is 2.78. The molecule has 1 amide bonds. The van der Waals surface area contributed by atoms with Gasteiger partial charge in [0.25, 0.3) is 5.91 Å². The Hall–Kier alpha value is -1.80. The first-order valence-corrected chi connectivity index (χ1v) is 6.22. The molecule has 2 aliphatic heterocycles. The maximum Gasteiger partial charge on any atom is 0.251 e. The lowest BCUT2D eigenvalue weighted by Crippen LogP contribution is -2.53. The molecule has 9 nitrogen and oxygen atoms in total. The summed E-state index contributed by atoms with van der Waals surface area (Å²) < 4.78 is 10.8. The first kappa shape index (κ1) is 14.6. The number of amides is 1. The van der Waals surface area contributed by atoms with E-state index in [0.717, 1.165) is 0 Å². The van der Waals surface area contributed by atoms with E-state index in [9.17, 15) is 9.90 Å². The highest BCUT2D eigenvalue weighted by atomic mass is 16.6. The van der Waals surface area contributed by atoms with Gasteiger partial charge >= 0.3 is 0 Å². The van der Waals surface area contributed by atoms with Crippen LogP contribution >= 0.6 is 0 Å². The van der Waals surface area contributed by atoms with Gasteiger partial charge in [-0.25, -0.2) is 0 Å². The summed E-state index contributed by atoms with van der Waals surface area (Å²) in [6, 6.07) is -0.309. The summed E-state index contributed by atoms with van der Waals surface area (Å²) in [5.74, 6) is -0.317. The quantitative estimate of drug-likeness (QED) is 0.464. The van der Waals surface area contributed by atoms with Gasteiger partial charge < -0.3 is 24.8 Å². The van der Waals surface area contributed by atoms with Crippen molar-refractivity contribution in [3.05, 3.63) is 11.8 Å². The highest BCUT2D eigenvalue weighted by Gasteiger charge is 2.43. The average molecular weight is 284 g/mol. The molecule has 0 aromatic rings. The van der Waals surface area contributed by atoms with Crippen LogP contribution in [0.25, 0.3) is 0 Å². The van der Waals surface area contributed by atoms with Gasteiger partial charge in [-0.1, -0.05) is 0 Å². The fraction of sp³-hybridized carbons (Fsp3) is 0.727. The van der Waals surface area contributed by atoms with Crippen molar-refractivity contribution < 1.29 is 19.4 Å². The Morgan fingerprint density at radius 3 is 3.15 bits per heavy atom. The van der Waals surface area contributed by atoms with Gasteiger partial charge in [0.2, 0.25) is 11.3 Å². The number of aliphatic hydroxyl groups excluding tert-OH is 1. The number of methoxy groups -OCH3 is 1. The third-order valence-electron chi connectivity index (χ3n) is 3.32. The second-order valence-electron chi connectivity index (χ2n) is 4.71. The lowest BCUT2D eigenvalue weighted by atomic mass is 10.1. The predicted molar refractivity (Wildman–Crippen MR) is 66.0 cm³/mol. The fourth-order valence-electron chi connectivity index (χ4n) is 2.31. The van der Waals surface area contributed by atoms with Gasteiger partial charge in [-0.15, -0.1) is 0 Å². The Morgan fingerprint density at radius 2 is 2.50 bits per heavy atom. The normalized spacial score (nSPS) is 33.5. The zero-order chi connectivity index (χ0) is 14.7. The Kier molecular flexibility index (Phi) is 4.46. The maximum absolute atomic E-state index is 11.4. The first-order chi connectivity index (χ1) is 9.56. The number of nitrogens with one attached hydrogen (secondary N) is 2. The van der Waals surface area contributed by atoms with Gasteiger partial charge in [0.1, 0.15) is 23.0 Å². The number of ether oxygens (including phenoxy) is 2. The summed E-state index contributed by atoms with van der Waals surface area (Å²) in [6.07, 6.45) is 0.0608. The molecule has 0 spiro atoms. The number of nitrogens with zero attached hydrogens (tertiary/aromatic N) is 3. The third-order valence-corrected chi connectivity index (χ3v) is 3.32. The van der Waals surface area contributed by atoms with Crippen LogP contribution in [-0.4, -0.2) is 54.4 Å². The van der Waals surface area contributed by atoms with E-state index in [0.29, 0.717) is 18.6 Å². The Bertz CT molecular complexity index is 462. The molecule has 2 rings (SSSR count). The van der Waals surface area contributed by atoms with Crippen LogP contribution in [0.4, 0.5) is 0 Å². The van der Waals surface area contributed by atoms with Gasteiger partial charge in [-0.05, 0) is 6.92 Å². The number of hydrogen-bond acceptors (Lipinski definition) is 7. The van der Waals surface area contributed by atoms with Crippen molar-refractivity contribution in [1.29, 1.82) is 5.53 Å². The molecule has 9 heteroatoms. The lowest BCUT2D eigenvalue weighted by molar-refractivity contribution is -0.143. The van der Waals surface area contributed by atoms with E-state index >= 15 is 0 Å². The largest absolute Gasteiger partial charge is 0.382 e. The first-order valence-electron chi connectivity index (χ1n) is 6.22. The van der Waals surface area contributed by atoms with E-state index in [1.54, 1.807) is 20.2 Å². The molecule has 0 aromatic carbocycles. The number of carbonyl (C=O) groups is 1. The Morgan fingerprint density at radius 1 is 1.75 bits per heavy atom. The molecule has 0 radical (unpaired) electrons. The molecule has 1 saturated heterocycles. The molecule has 110 valence electrons. The van der Waals surface area contributed by atoms with Gasteiger partial charge in [0.15, 0.2) is 6.04 Å². The third kappa shape index (κ3) is 2.86. The van der Waals surface area contributed by atoms with Crippen molar-refractivity contribution in [2.75, 3.05) is 13.7 Å². The second-order valence-corrected chi connectivity index (χ2v) is 4.71. The van der Waals surface area contributed by atoms with E-state index in [-0.39, 0.29) is 18.1 Å².